The van der Waals surface area contributed by atoms with E-state index in [-0.39, 0.29) is 129 Å². The summed E-state index contributed by atoms with van der Waals surface area (Å²) in [5.41, 5.74) is 1.84. The van der Waals surface area contributed by atoms with E-state index in [9.17, 15) is 38.4 Å². The highest BCUT2D eigenvalue weighted by Crippen LogP contribution is 2.30. The lowest BCUT2D eigenvalue weighted by Crippen LogP contribution is -2.24. The van der Waals surface area contributed by atoms with E-state index in [1.54, 1.807) is 0 Å². The molecule has 17 nitrogen and oxygen atoms in total. The van der Waals surface area contributed by atoms with E-state index >= 15 is 0 Å². The van der Waals surface area contributed by atoms with E-state index in [2.05, 4.69) is 145 Å². The topological polar surface area (TPSA) is 220 Å². The second-order valence-electron chi connectivity index (χ2n) is 40.9. The van der Waals surface area contributed by atoms with Crippen LogP contribution in [0.2, 0.25) is 0 Å². The largest absolute Gasteiger partial charge is 0.466 e. The molecule has 0 aromatic heterocycles. The van der Waals surface area contributed by atoms with Crippen LogP contribution in [-0.2, 0) is 81.0 Å². The first-order chi connectivity index (χ1) is 48.1. The van der Waals surface area contributed by atoms with Crippen molar-refractivity contribution in [2.45, 2.75) is 429 Å². The van der Waals surface area contributed by atoms with Crippen molar-refractivity contribution < 1.29 is 81.0 Å². The van der Waals surface area contributed by atoms with Crippen LogP contribution in [0.4, 0.5) is 0 Å². The maximum atomic E-state index is 11.7. The third kappa shape index (κ3) is 104. The maximum absolute atomic E-state index is 11.7. The number of esters is 8. The van der Waals surface area contributed by atoms with Gasteiger partial charge in [-0.25, -0.2) is 4.79 Å². The van der Waals surface area contributed by atoms with Crippen molar-refractivity contribution in [1.82, 2.24) is 0 Å². The molecule has 0 aliphatic heterocycles. The summed E-state index contributed by atoms with van der Waals surface area (Å²) in [5, 5.41) is 0. The highest BCUT2D eigenvalue weighted by atomic mass is 16.6. The second-order valence-corrected chi connectivity index (χ2v) is 40.9. The van der Waals surface area contributed by atoms with E-state index < -0.39 is 0 Å². The standard InChI is InChI=1S/C13H24O2.2C12H24O2.3C11H22O2.C10H20O3.C10H20O2/c1-10(9-13(2,3)4)15-12(14)11-7-5-6-8-11;1-9(2)7-11(13)14-10(3)8-12(4,5)6;1-10(2)9-11(13)14-8-6-7-12(3,4)5;1-8(2)10(12)13-9(3)7-11(4,5)6;1-9(2)8-10(12)13-7-6-11(3,4)5;1-6-10(12)13-9(2)7-8-11(3,4)5;1-5-6-12-7-9(11)13-8-10(2,3)4;1-6-9(11)12-8(2)7-10(3,4)5/h10-11H,5-9H2,1-4H3;9-10H,7-8H2,1-6H3;10H,6-9H2,1-5H3;8-9H,7H2,1-6H3;2*9H,6-8H2,1-5H3;5-8H2,1-4H3;8H,6-7H2,1-5H3. The van der Waals surface area contributed by atoms with E-state index in [4.69, 9.17) is 42.6 Å². The molecule has 17 heteroatoms. The monoisotopic (exact) mass is 1530 g/mol. The minimum atomic E-state index is -0.275. The van der Waals surface area contributed by atoms with Crippen LogP contribution in [0.1, 0.15) is 399 Å². The molecule has 107 heavy (non-hydrogen) atoms. The van der Waals surface area contributed by atoms with Gasteiger partial charge in [-0.1, -0.05) is 255 Å². The van der Waals surface area contributed by atoms with Crippen LogP contribution >= 0.6 is 0 Å². The van der Waals surface area contributed by atoms with Gasteiger partial charge in [0.05, 0.1) is 62.2 Å². The third-order valence-corrected chi connectivity index (χ3v) is 14.7. The van der Waals surface area contributed by atoms with Crippen LogP contribution in [0.15, 0.2) is 0 Å². The van der Waals surface area contributed by atoms with Crippen molar-refractivity contribution in [2.24, 2.45) is 72.9 Å². The molecule has 0 amide bonds. The Bertz CT molecular complexity index is 2270. The lowest BCUT2D eigenvalue weighted by Gasteiger charge is -2.24. The average Bonchev–Trinajstić information content (AvgIpc) is 1.83. The van der Waals surface area contributed by atoms with Gasteiger partial charge >= 0.3 is 47.8 Å². The summed E-state index contributed by atoms with van der Waals surface area (Å²) < 4.78 is 46.5. The van der Waals surface area contributed by atoms with Gasteiger partial charge in [0.25, 0.3) is 0 Å². The molecule has 0 radical (unpaired) electrons. The quantitative estimate of drug-likeness (QED) is 0.0358. The fourth-order valence-electron chi connectivity index (χ4n) is 10.0. The van der Waals surface area contributed by atoms with E-state index in [0.717, 1.165) is 77.0 Å². The predicted molar refractivity (Wildman–Crippen MR) is 445 cm³/mol. The Morgan fingerprint density at radius 1 is 0.336 bits per heavy atom. The predicted octanol–water partition coefficient (Wildman–Crippen LogP) is 24.3. The summed E-state index contributed by atoms with van der Waals surface area (Å²) in [6.07, 6.45) is 16.8. The summed E-state index contributed by atoms with van der Waals surface area (Å²) in [6.45, 7) is 85.0. The van der Waals surface area contributed by atoms with Crippen LogP contribution in [0.5, 0.6) is 0 Å². The fraction of sp³-hybridized carbons (Fsp3) is 0.911. The zero-order chi connectivity index (χ0) is 85.7. The molecule has 0 aromatic carbocycles. The third-order valence-electron chi connectivity index (χ3n) is 14.7. The molecule has 1 saturated carbocycles. The summed E-state index contributed by atoms with van der Waals surface area (Å²) in [7, 11) is 0. The normalized spacial score (nSPS) is 14.1. The molecular formula is C90H178O17. The first-order valence-corrected chi connectivity index (χ1v) is 41.1. The summed E-state index contributed by atoms with van der Waals surface area (Å²) in [4.78, 5) is 89.4. The van der Waals surface area contributed by atoms with Crippen LogP contribution in [-0.4, -0.2) is 111 Å². The van der Waals surface area contributed by atoms with Crippen LogP contribution in [0, 0.1) is 72.9 Å². The number of carbonyl (C=O) groups excluding carboxylic acids is 8. The van der Waals surface area contributed by atoms with Gasteiger partial charge in [-0.2, -0.15) is 0 Å². The van der Waals surface area contributed by atoms with E-state index in [1.165, 1.54) is 12.8 Å². The number of carbonyl (C=O) groups is 8. The minimum absolute atomic E-state index is 0.0231. The second kappa shape index (κ2) is 60.4. The molecule has 1 rings (SSSR count). The number of ether oxygens (including phenoxy) is 9. The molecule has 0 saturated heterocycles. The van der Waals surface area contributed by atoms with Gasteiger partial charge in [-0.3, -0.25) is 33.6 Å². The summed E-state index contributed by atoms with van der Waals surface area (Å²) in [6, 6.07) is 0. The lowest BCUT2D eigenvalue weighted by molar-refractivity contribution is -0.154. The minimum Gasteiger partial charge on any atom is -0.466 e. The van der Waals surface area contributed by atoms with Crippen LogP contribution < -0.4 is 0 Å². The summed E-state index contributed by atoms with van der Waals surface area (Å²) in [5.74, 6) is 0.578. The molecule has 0 N–H and O–H groups in total. The van der Waals surface area contributed by atoms with Gasteiger partial charge in [0.15, 0.2) is 0 Å². The molecule has 0 spiro atoms. The molecule has 0 bridgehead atoms. The Balaban J connectivity index is -0.000000214. The highest BCUT2D eigenvalue weighted by molar-refractivity contribution is 5.73. The van der Waals surface area contributed by atoms with Gasteiger partial charge in [0.1, 0.15) is 6.61 Å². The number of hydrogen-bond acceptors (Lipinski definition) is 17. The first kappa shape index (κ1) is 116. The molecule has 0 aromatic rings. The zero-order valence-electron chi connectivity index (χ0n) is 77.7. The van der Waals surface area contributed by atoms with Gasteiger partial charge < -0.3 is 42.6 Å². The SMILES string of the molecule is CC(C)CC(=O)OC(C)CC(C)(C)C.CC(C)CC(=O)OCCC(C)(C)C.CC(C)CC(=O)OCCCC(C)(C)C.CC(CC(C)(C)C)OC(=O)C(C)C.CC(CC(C)(C)C)OC(=O)C1CCCC1.CCC(=O)OC(C)CC(C)(C)C.CCC(=O)OC(C)CCC(C)(C)C.CCCOCC(=O)OCC(C)(C)C. The number of hydrogen-bond donors (Lipinski definition) is 0. The summed E-state index contributed by atoms with van der Waals surface area (Å²) >= 11 is 0. The van der Waals surface area contributed by atoms with Crippen molar-refractivity contribution in [2.75, 3.05) is 33.0 Å². The first-order valence-electron chi connectivity index (χ1n) is 41.1. The van der Waals surface area contributed by atoms with Crippen molar-refractivity contribution in [1.29, 1.82) is 0 Å². The van der Waals surface area contributed by atoms with Crippen molar-refractivity contribution in [3.05, 3.63) is 0 Å². The molecule has 0 heterocycles. The van der Waals surface area contributed by atoms with Gasteiger partial charge in [-0.15, -0.1) is 0 Å². The van der Waals surface area contributed by atoms with Gasteiger partial charge in [0, 0.05) is 38.7 Å². The van der Waals surface area contributed by atoms with Crippen LogP contribution in [0.25, 0.3) is 0 Å². The van der Waals surface area contributed by atoms with Crippen LogP contribution in [0.3, 0.4) is 0 Å². The Kier molecular flexibility index (Phi) is 65.5. The maximum Gasteiger partial charge on any atom is 0.332 e. The number of rotatable bonds is 31. The van der Waals surface area contributed by atoms with Crippen molar-refractivity contribution in [3.63, 3.8) is 0 Å². The van der Waals surface area contributed by atoms with Crippen molar-refractivity contribution in [3.8, 4) is 0 Å². The smallest absolute Gasteiger partial charge is 0.332 e. The molecule has 1 fully saturated rings. The van der Waals surface area contributed by atoms with Gasteiger partial charge in [0.2, 0.25) is 0 Å². The van der Waals surface area contributed by atoms with Crippen molar-refractivity contribution >= 4 is 47.8 Å². The Labute approximate surface area is 661 Å². The molecule has 1 aliphatic carbocycles. The molecular weight excluding hydrogens is 1350 g/mol. The van der Waals surface area contributed by atoms with E-state index in [1.807, 2.05) is 132 Å². The highest BCUT2D eigenvalue weighted by Gasteiger charge is 2.28. The Morgan fingerprint density at radius 3 is 1.00 bits per heavy atom. The Hall–Kier alpha value is -4.28. The lowest BCUT2D eigenvalue weighted by atomic mass is 9.89. The van der Waals surface area contributed by atoms with E-state index in [0.29, 0.717) is 87.1 Å². The molecule has 5 atom stereocenters. The molecule has 640 valence electrons. The zero-order valence-corrected chi connectivity index (χ0v) is 77.7. The van der Waals surface area contributed by atoms with Gasteiger partial charge in [-0.05, 0) is 173 Å². The molecule has 5 unspecified atom stereocenters. The Morgan fingerprint density at radius 2 is 0.673 bits per heavy atom. The molecule has 1 aliphatic rings. The fourth-order valence-corrected chi connectivity index (χ4v) is 10.0. The average molecular weight is 1530 g/mol.